The molecular weight excluding hydrogens is 394 g/mol. The van der Waals surface area contributed by atoms with Crippen LogP contribution in [0.5, 0.6) is 11.5 Å². The molecule has 31 heavy (non-hydrogen) atoms. The van der Waals surface area contributed by atoms with Crippen molar-refractivity contribution in [3.8, 4) is 22.6 Å². The summed E-state index contributed by atoms with van der Waals surface area (Å²) in [7, 11) is 1.58. The molecule has 0 aliphatic heterocycles. The van der Waals surface area contributed by atoms with Crippen molar-refractivity contribution in [2.45, 2.75) is 6.92 Å². The highest BCUT2D eigenvalue weighted by Crippen LogP contribution is 2.26. The van der Waals surface area contributed by atoms with E-state index in [0.29, 0.717) is 39.5 Å². The van der Waals surface area contributed by atoms with Crippen LogP contribution in [0.3, 0.4) is 0 Å². The molecule has 0 atom stereocenters. The van der Waals surface area contributed by atoms with Crippen molar-refractivity contribution in [2.75, 3.05) is 19.0 Å². The van der Waals surface area contributed by atoms with Gasteiger partial charge in [0.25, 0.3) is 5.91 Å². The Morgan fingerprint density at radius 1 is 0.968 bits per heavy atom. The summed E-state index contributed by atoms with van der Waals surface area (Å²) in [6, 6.07) is 21.4. The lowest BCUT2D eigenvalue weighted by molar-refractivity contribution is -0.118. The number of ether oxygens (including phenoxy) is 2. The Labute approximate surface area is 179 Å². The van der Waals surface area contributed by atoms with Gasteiger partial charge in [-0.1, -0.05) is 30.3 Å². The first-order valence-electron chi connectivity index (χ1n) is 9.75. The molecule has 0 saturated carbocycles. The van der Waals surface area contributed by atoms with Crippen LogP contribution >= 0.6 is 0 Å². The minimum atomic E-state index is -0.303. The zero-order valence-corrected chi connectivity index (χ0v) is 17.2. The van der Waals surface area contributed by atoms with E-state index in [0.717, 1.165) is 5.56 Å². The molecule has 0 unspecified atom stereocenters. The number of hydrogen-bond donors (Lipinski definition) is 1. The minimum absolute atomic E-state index is 0.103. The van der Waals surface area contributed by atoms with E-state index in [4.69, 9.17) is 13.9 Å². The van der Waals surface area contributed by atoms with Crippen molar-refractivity contribution in [1.82, 2.24) is 0 Å². The van der Waals surface area contributed by atoms with Gasteiger partial charge in [-0.05, 0) is 48.9 Å². The first-order valence-corrected chi connectivity index (χ1v) is 9.75. The Kier molecular flexibility index (Phi) is 5.71. The number of fused-ring (bicyclic) bond motifs is 1. The predicted octanol–water partition coefficient (Wildman–Crippen LogP) is 4.79. The first kappa shape index (κ1) is 20.2. The van der Waals surface area contributed by atoms with Gasteiger partial charge in [0, 0.05) is 11.8 Å². The minimum Gasteiger partial charge on any atom is -0.497 e. The third kappa shape index (κ3) is 4.43. The lowest BCUT2D eigenvalue weighted by Gasteiger charge is -2.10. The Balaban J connectivity index is 1.50. The molecule has 6 heteroatoms. The molecule has 0 aliphatic carbocycles. The van der Waals surface area contributed by atoms with Crippen LogP contribution in [0, 0.1) is 6.92 Å². The van der Waals surface area contributed by atoms with Crippen LogP contribution in [0.25, 0.3) is 22.1 Å². The Morgan fingerprint density at radius 2 is 1.68 bits per heavy atom. The van der Waals surface area contributed by atoms with E-state index >= 15 is 0 Å². The lowest BCUT2D eigenvalue weighted by Crippen LogP contribution is -2.20. The maximum atomic E-state index is 13.0. The number of anilines is 1. The molecule has 1 aromatic heterocycles. The Hall–Kier alpha value is -4.06. The van der Waals surface area contributed by atoms with Crippen LogP contribution in [-0.2, 0) is 4.79 Å². The van der Waals surface area contributed by atoms with E-state index in [-0.39, 0.29) is 17.9 Å². The van der Waals surface area contributed by atoms with Crippen LogP contribution in [0.1, 0.15) is 5.76 Å². The van der Waals surface area contributed by atoms with Gasteiger partial charge in [-0.25, -0.2) is 0 Å². The normalized spacial score (nSPS) is 10.6. The molecule has 0 fully saturated rings. The number of aryl methyl sites for hydroxylation is 1. The average Bonchev–Trinajstić information content (AvgIpc) is 2.79. The number of nitrogens with one attached hydrogen (secondary N) is 1. The number of hydrogen-bond acceptors (Lipinski definition) is 5. The van der Waals surface area contributed by atoms with Crippen molar-refractivity contribution in [3.05, 3.63) is 88.8 Å². The molecule has 0 bridgehead atoms. The van der Waals surface area contributed by atoms with Gasteiger partial charge in [0.1, 0.15) is 22.8 Å². The number of methoxy groups -OCH3 is 1. The molecule has 3 aromatic carbocycles. The number of carbonyl (C=O) groups excluding carboxylic acids is 1. The van der Waals surface area contributed by atoms with Crippen molar-refractivity contribution in [2.24, 2.45) is 0 Å². The van der Waals surface area contributed by atoms with Gasteiger partial charge in [-0.2, -0.15) is 0 Å². The fraction of sp³-hybridized carbons (Fsp3) is 0.120. The molecule has 4 rings (SSSR count). The molecule has 0 radical (unpaired) electrons. The largest absolute Gasteiger partial charge is 0.497 e. The Morgan fingerprint density at radius 3 is 2.39 bits per heavy atom. The second kappa shape index (κ2) is 8.75. The molecule has 4 aromatic rings. The molecule has 6 nitrogen and oxygen atoms in total. The lowest BCUT2D eigenvalue weighted by atomic mass is 10.0. The third-order valence-corrected chi connectivity index (χ3v) is 4.85. The van der Waals surface area contributed by atoms with Crippen molar-refractivity contribution in [3.63, 3.8) is 0 Å². The molecule has 1 heterocycles. The molecule has 1 N–H and O–H groups in total. The molecule has 0 spiro atoms. The van der Waals surface area contributed by atoms with Crippen LogP contribution in [0.2, 0.25) is 0 Å². The van der Waals surface area contributed by atoms with E-state index in [1.54, 1.807) is 56.5 Å². The second-order valence-corrected chi connectivity index (χ2v) is 6.95. The van der Waals surface area contributed by atoms with Crippen molar-refractivity contribution < 1.29 is 18.7 Å². The number of carbonyl (C=O) groups is 1. The van der Waals surface area contributed by atoms with Gasteiger partial charge in [-0.3, -0.25) is 9.59 Å². The summed E-state index contributed by atoms with van der Waals surface area (Å²) in [6.45, 7) is 1.59. The Bertz CT molecular complexity index is 1280. The monoisotopic (exact) mass is 415 g/mol. The van der Waals surface area contributed by atoms with Gasteiger partial charge in [0.15, 0.2) is 6.61 Å². The van der Waals surface area contributed by atoms with Gasteiger partial charge in [0.2, 0.25) is 5.43 Å². The van der Waals surface area contributed by atoms with E-state index in [9.17, 15) is 9.59 Å². The fourth-order valence-corrected chi connectivity index (χ4v) is 3.33. The summed E-state index contributed by atoms with van der Waals surface area (Å²) in [4.78, 5) is 25.2. The molecule has 0 aliphatic rings. The first-order chi connectivity index (χ1) is 15.0. The third-order valence-electron chi connectivity index (χ3n) is 4.85. The zero-order chi connectivity index (χ0) is 21.8. The average molecular weight is 415 g/mol. The zero-order valence-electron chi connectivity index (χ0n) is 17.2. The fourth-order valence-electron chi connectivity index (χ4n) is 3.33. The highest BCUT2D eigenvalue weighted by atomic mass is 16.5. The number of benzene rings is 3. The maximum absolute atomic E-state index is 13.0. The maximum Gasteiger partial charge on any atom is 0.262 e. The molecule has 0 saturated heterocycles. The highest BCUT2D eigenvalue weighted by molar-refractivity contribution is 5.92. The van der Waals surface area contributed by atoms with Crippen molar-refractivity contribution >= 4 is 22.6 Å². The van der Waals surface area contributed by atoms with Gasteiger partial charge in [0.05, 0.1) is 18.1 Å². The van der Waals surface area contributed by atoms with Crippen LogP contribution < -0.4 is 20.2 Å². The second-order valence-electron chi connectivity index (χ2n) is 6.95. The van der Waals surface area contributed by atoms with Crippen LogP contribution in [-0.4, -0.2) is 19.6 Å². The quantitative estimate of drug-likeness (QED) is 0.490. The molecule has 156 valence electrons. The smallest absolute Gasteiger partial charge is 0.262 e. The summed E-state index contributed by atoms with van der Waals surface area (Å²) < 4.78 is 16.6. The van der Waals surface area contributed by atoms with E-state index < -0.39 is 0 Å². The van der Waals surface area contributed by atoms with E-state index in [2.05, 4.69) is 5.32 Å². The summed E-state index contributed by atoms with van der Waals surface area (Å²) >= 11 is 0. The van der Waals surface area contributed by atoms with E-state index in [1.165, 1.54) is 0 Å². The summed E-state index contributed by atoms with van der Waals surface area (Å²) in [5.74, 6) is 1.37. The number of amides is 1. The van der Waals surface area contributed by atoms with Crippen LogP contribution in [0.4, 0.5) is 5.69 Å². The molecule has 1 amide bonds. The van der Waals surface area contributed by atoms with Gasteiger partial charge >= 0.3 is 0 Å². The van der Waals surface area contributed by atoms with Crippen molar-refractivity contribution in [1.29, 1.82) is 0 Å². The topological polar surface area (TPSA) is 77.8 Å². The molecular formula is C25H21NO5. The summed E-state index contributed by atoms with van der Waals surface area (Å²) in [5, 5.41) is 3.21. The van der Waals surface area contributed by atoms with Gasteiger partial charge < -0.3 is 19.2 Å². The summed E-state index contributed by atoms with van der Waals surface area (Å²) in [5.41, 5.74) is 2.30. The number of rotatable bonds is 6. The predicted molar refractivity (Wildman–Crippen MR) is 120 cm³/mol. The van der Waals surface area contributed by atoms with Crippen LogP contribution in [0.15, 0.2) is 82.0 Å². The standard InChI is InChI=1S/C25H21NO5/c1-16-24(17-6-4-3-5-7-17)25(28)21-13-12-20(14-22(21)31-16)30-15-23(27)26-18-8-10-19(29-2)11-9-18/h3-14H,15H2,1-2H3,(H,26,27). The highest BCUT2D eigenvalue weighted by Gasteiger charge is 2.14. The summed E-state index contributed by atoms with van der Waals surface area (Å²) in [6.07, 6.45) is 0. The van der Waals surface area contributed by atoms with Gasteiger partial charge in [-0.15, -0.1) is 0 Å². The SMILES string of the molecule is COc1ccc(NC(=O)COc2ccc3c(=O)c(-c4ccccc4)c(C)oc3c2)cc1. The van der Waals surface area contributed by atoms with E-state index in [1.807, 2.05) is 30.3 Å².